The summed E-state index contributed by atoms with van der Waals surface area (Å²) in [5.41, 5.74) is -0.644. The number of carbonyl (C=O) groups is 2. The van der Waals surface area contributed by atoms with Crippen molar-refractivity contribution in [2.75, 3.05) is 19.7 Å². The van der Waals surface area contributed by atoms with Crippen LogP contribution in [0.1, 0.15) is 71.1 Å². The van der Waals surface area contributed by atoms with Crippen molar-refractivity contribution in [1.82, 2.24) is 16.0 Å². The smallest absolute Gasteiger partial charge is 0.258 e. The molecule has 3 N–H and O–H groups in total. The third-order valence-electron chi connectivity index (χ3n) is 9.23. The van der Waals surface area contributed by atoms with Gasteiger partial charge < -0.3 is 20.7 Å². The van der Waals surface area contributed by atoms with E-state index in [1.807, 2.05) is 0 Å². The Hall–Kier alpha value is -1.86. The summed E-state index contributed by atoms with van der Waals surface area (Å²) in [7, 11) is 0. The molecule has 1 aliphatic heterocycles. The SMILES string of the molecule is CC1CCNC(CNC(=O)C23CC(NC(=O)COc4ccc(Cl)c(F)c4)(C2)C3)C1C1CCCCCC1. The molecule has 1 heterocycles. The lowest BCUT2D eigenvalue weighted by molar-refractivity contribution is -0.184. The predicted octanol–water partition coefficient (Wildman–Crippen LogP) is 4.60. The van der Waals surface area contributed by atoms with E-state index in [-0.39, 0.29) is 40.1 Å². The topological polar surface area (TPSA) is 79.5 Å². The molecule has 36 heavy (non-hydrogen) atoms. The molecule has 6 rings (SSSR count). The zero-order valence-corrected chi connectivity index (χ0v) is 22.0. The maximum atomic E-state index is 13.5. The summed E-state index contributed by atoms with van der Waals surface area (Å²) >= 11 is 5.68. The number of ether oxygens (including phenoxy) is 1. The molecule has 198 valence electrons. The van der Waals surface area contributed by atoms with Crippen molar-refractivity contribution >= 4 is 23.4 Å². The maximum absolute atomic E-state index is 13.5. The maximum Gasteiger partial charge on any atom is 0.258 e. The van der Waals surface area contributed by atoms with Crippen molar-refractivity contribution < 1.29 is 18.7 Å². The van der Waals surface area contributed by atoms with Crippen LogP contribution in [0.3, 0.4) is 0 Å². The van der Waals surface area contributed by atoms with Gasteiger partial charge in [0.2, 0.25) is 5.91 Å². The zero-order valence-electron chi connectivity index (χ0n) is 21.2. The molecule has 5 fully saturated rings. The normalized spacial score (nSPS) is 34.0. The molecule has 4 saturated carbocycles. The number of hydrogen-bond donors (Lipinski definition) is 3. The Kier molecular flexibility index (Phi) is 7.51. The molecule has 0 aromatic heterocycles. The Bertz CT molecular complexity index is 961. The Morgan fingerprint density at radius 3 is 2.56 bits per heavy atom. The first-order chi connectivity index (χ1) is 17.3. The molecule has 0 radical (unpaired) electrons. The average Bonchev–Trinajstić information content (AvgIpc) is 3.09. The van der Waals surface area contributed by atoms with Gasteiger partial charge in [-0.3, -0.25) is 9.59 Å². The van der Waals surface area contributed by atoms with Gasteiger partial charge in [0.1, 0.15) is 11.6 Å². The minimum atomic E-state index is -0.583. The zero-order chi connectivity index (χ0) is 25.3. The monoisotopic (exact) mass is 519 g/mol. The summed E-state index contributed by atoms with van der Waals surface area (Å²) in [6, 6.07) is 4.44. The number of halogens is 2. The van der Waals surface area contributed by atoms with Crippen LogP contribution in [0.4, 0.5) is 4.39 Å². The lowest BCUT2D eigenvalue weighted by Crippen LogP contribution is -2.78. The lowest BCUT2D eigenvalue weighted by atomic mass is 9.39. The lowest BCUT2D eigenvalue weighted by Gasteiger charge is -2.69. The van der Waals surface area contributed by atoms with E-state index in [0.717, 1.165) is 18.5 Å². The van der Waals surface area contributed by atoms with Crippen LogP contribution >= 0.6 is 11.6 Å². The van der Waals surface area contributed by atoms with Crippen LogP contribution in [0.2, 0.25) is 5.02 Å². The quantitative estimate of drug-likeness (QED) is 0.439. The van der Waals surface area contributed by atoms with Gasteiger partial charge in [0.25, 0.3) is 5.91 Å². The predicted molar refractivity (Wildman–Crippen MR) is 137 cm³/mol. The van der Waals surface area contributed by atoms with E-state index in [1.165, 1.54) is 57.1 Å². The van der Waals surface area contributed by atoms with Gasteiger partial charge in [0.05, 0.1) is 10.4 Å². The van der Waals surface area contributed by atoms with E-state index in [1.54, 1.807) is 0 Å². The van der Waals surface area contributed by atoms with Crippen molar-refractivity contribution in [3.05, 3.63) is 29.0 Å². The fourth-order valence-electron chi connectivity index (χ4n) is 7.52. The van der Waals surface area contributed by atoms with Gasteiger partial charge in [0.15, 0.2) is 6.61 Å². The molecule has 3 atom stereocenters. The molecule has 0 spiro atoms. The van der Waals surface area contributed by atoms with E-state index in [9.17, 15) is 14.0 Å². The fourth-order valence-corrected chi connectivity index (χ4v) is 7.64. The van der Waals surface area contributed by atoms with Crippen molar-refractivity contribution in [3.63, 3.8) is 0 Å². The van der Waals surface area contributed by atoms with Gasteiger partial charge in [-0.15, -0.1) is 0 Å². The van der Waals surface area contributed by atoms with Gasteiger partial charge in [-0.2, -0.15) is 0 Å². The summed E-state index contributed by atoms with van der Waals surface area (Å²) in [5.74, 6) is 1.63. The minimum Gasteiger partial charge on any atom is -0.484 e. The van der Waals surface area contributed by atoms with Crippen molar-refractivity contribution in [2.24, 2.45) is 23.2 Å². The second kappa shape index (κ2) is 10.5. The molecule has 1 aromatic rings. The summed E-state index contributed by atoms with van der Waals surface area (Å²) in [4.78, 5) is 25.5. The number of hydrogen-bond acceptors (Lipinski definition) is 4. The largest absolute Gasteiger partial charge is 0.484 e. The molecule has 3 unspecified atom stereocenters. The van der Waals surface area contributed by atoms with Gasteiger partial charge in [0, 0.05) is 24.2 Å². The van der Waals surface area contributed by atoms with E-state index < -0.39 is 5.82 Å². The van der Waals surface area contributed by atoms with Crippen LogP contribution in [-0.2, 0) is 9.59 Å². The molecule has 8 heteroatoms. The summed E-state index contributed by atoms with van der Waals surface area (Å²) in [5, 5.41) is 10.0. The van der Waals surface area contributed by atoms with E-state index in [4.69, 9.17) is 16.3 Å². The standard InChI is InChI=1S/C28H39ClFN3O3/c1-18-10-11-31-23(25(18)19-6-4-2-3-5-7-19)13-32-26(35)27-15-28(16-27,17-27)33-24(34)14-36-20-8-9-21(29)22(30)12-20/h8-9,12,18-19,23,25,31H,2-7,10-11,13-17H2,1H3,(H,32,35)(H,33,34). The molecule has 4 aliphatic carbocycles. The van der Waals surface area contributed by atoms with Crippen LogP contribution in [0.25, 0.3) is 0 Å². The van der Waals surface area contributed by atoms with Crippen LogP contribution < -0.4 is 20.7 Å². The number of benzene rings is 1. The molecule has 5 aliphatic rings. The first kappa shape index (κ1) is 25.8. The Labute approximate surface area is 218 Å². The number of amides is 2. The highest BCUT2D eigenvalue weighted by atomic mass is 35.5. The fraction of sp³-hybridized carbons (Fsp3) is 0.714. The first-order valence-corrected chi connectivity index (χ1v) is 14.1. The molecule has 2 amide bonds. The average molecular weight is 520 g/mol. The van der Waals surface area contributed by atoms with Crippen molar-refractivity contribution in [1.29, 1.82) is 0 Å². The second-order valence-electron chi connectivity index (χ2n) is 11.9. The molecule has 1 saturated heterocycles. The van der Waals surface area contributed by atoms with Gasteiger partial charge in [-0.05, 0) is 62.1 Å². The van der Waals surface area contributed by atoms with Crippen LogP contribution in [0.5, 0.6) is 5.75 Å². The number of nitrogens with one attached hydrogen (secondary N) is 3. The highest BCUT2D eigenvalue weighted by Crippen LogP contribution is 2.67. The van der Waals surface area contributed by atoms with E-state index >= 15 is 0 Å². The van der Waals surface area contributed by atoms with Crippen molar-refractivity contribution in [2.45, 2.75) is 82.7 Å². The van der Waals surface area contributed by atoms with Crippen LogP contribution in [-0.4, -0.2) is 43.1 Å². The highest BCUT2D eigenvalue weighted by Gasteiger charge is 2.72. The molecular weight excluding hydrogens is 481 g/mol. The van der Waals surface area contributed by atoms with E-state index in [2.05, 4.69) is 22.9 Å². The first-order valence-electron chi connectivity index (χ1n) is 13.7. The van der Waals surface area contributed by atoms with Gasteiger partial charge in [-0.25, -0.2) is 4.39 Å². The molecule has 2 bridgehead atoms. The van der Waals surface area contributed by atoms with Crippen LogP contribution in [0.15, 0.2) is 18.2 Å². The summed E-state index contributed by atoms with van der Waals surface area (Å²) in [6.45, 7) is 3.91. The molecular formula is C28H39ClFN3O3. The van der Waals surface area contributed by atoms with Crippen LogP contribution in [0, 0.1) is 29.0 Å². The summed E-state index contributed by atoms with van der Waals surface area (Å²) < 4.78 is 18.9. The number of carbonyl (C=O) groups excluding carboxylic acids is 2. The van der Waals surface area contributed by atoms with Gasteiger partial charge in [-0.1, -0.05) is 57.0 Å². The molecule has 1 aromatic carbocycles. The minimum absolute atomic E-state index is 0.0120. The Balaban J connectivity index is 1.07. The Morgan fingerprint density at radius 1 is 1.14 bits per heavy atom. The third kappa shape index (κ3) is 5.24. The Morgan fingerprint density at radius 2 is 1.86 bits per heavy atom. The highest BCUT2D eigenvalue weighted by molar-refractivity contribution is 6.30. The second-order valence-corrected chi connectivity index (χ2v) is 12.3. The third-order valence-corrected chi connectivity index (χ3v) is 9.54. The van der Waals surface area contributed by atoms with Gasteiger partial charge >= 0.3 is 0 Å². The number of piperidine rings is 1. The summed E-state index contributed by atoms with van der Waals surface area (Å²) in [6.07, 6.45) is 11.3. The van der Waals surface area contributed by atoms with E-state index in [0.29, 0.717) is 43.7 Å². The van der Waals surface area contributed by atoms with Crippen molar-refractivity contribution in [3.8, 4) is 5.75 Å². The number of rotatable bonds is 8. The molecule has 6 nitrogen and oxygen atoms in total.